The van der Waals surface area contributed by atoms with Crippen LogP contribution in [0.4, 0.5) is 0 Å². The summed E-state index contributed by atoms with van der Waals surface area (Å²) >= 11 is 0. The topological polar surface area (TPSA) is 77.9 Å². The van der Waals surface area contributed by atoms with E-state index in [1.54, 1.807) is 4.90 Å². The van der Waals surface area contributed by atoms with Gasteiger partial charge in [0.15, 0.2) is 0 Å². The summed E-state index contributed by atoms with van der Waals surface area (Å²) in [4.78, 5) is 38.4. The lowest BCUT2D eigenvalue weighted by molar-refractivity contribution is -0.146. The van der Waals surface area contributed by atoms with E-state index in [1.807, 2.05) is 27.7 Å². The molecule has 0 saturated carbocycles. The summed E-state index contributed by atoms with van der Waals surface area (Å²) in [6, 6.07) is 0. The van der Waals surface area contributed by atoms with Gasteiger partial charge in [0.05, 0.1) is 5.92 Å². The first kappa shape index (κ1) is 17.5. The van der Waals surface area contributed by atoms with Crippen LogP contribution in [0.25, 0.3) is 0 Å². The first-order valence-corrected chi connectivity index (χ1v) is 7.49. The highest BCUT2D eigenvalue weighted by Crippen LogP contribution is 2.21. The van der Waals surface area contributed by atoms with Crippen LogP contribution in [0.15, 0.2) is 0 Å². The second kappa shape index (κ2) is 7.43. The minimum atomic E-state index is -1.02. The number of carbonyl (C=O) groups is 3. The minimum Gasteiger partial charge on any atom is -0.480 e. The van der Waals surface area contributed by atoms with E-state index in [0.29, 0.717) is 25.6 Å². The van der Waals surface area contributed by atoms with Crippen LogP contribution in [0.1, 0.15) is 34.1 Å². The minimum absolute atomic E-state index is 0.0122. The molecule has 2 amide bonds. The molecule has 0 aromatic carbocycles. The van der Waals surface area contributed by atoms with E-state index in [0.717, 1.165) is 0 Å². The molecule has 6 nitrogen and oxygen atoms in total. The number of carbonyl (C=O) groups excluding carboxylic acids is 2. The molecule has 120 valence electrons. The molecule has 0 aromatic heterocycles. The second-order valence-corrected chi connectivity index (χ2v) is 6.60. The van der Waals surface area contributed by atoms with Gasteiger partial charge in [0, 0.05) is 26.1 Å². The number of carboxylic acid groups (broad SMARTS) is 1. The van der Waals surface area contributed by atoms with E-state index in [1.165, 1.54) is 4.90 Å². The zero-order valence-corrected chi connectivity index (χ0v) is 13.3. The summed E-state index contributed by atoms with van der Waals surface area (Å²) < 4.78 is 0. The van der Waals surface area contributed by atoms with Crippen molar-refractivity contribution in [2.24, 2.45) is 17.8 Å². The Morgan fingerprint density at radius 3 is 2.38 bits per heavy atom. The number of likely N-dealkylation sites (tertiary alicyclic amines) is 1. The van der Waals surface area contributed by atoms with Gasteiger partial charge in [-0.2, -0.15) is 0 Å². The van der Waals surface area contributed by atoms with E-state index in [2.05, 4.69) is 0 Å². The SMILES string of the molecule is CC(C)CN1CC(C(=O)N(CC(=O)O)CC(C)C)CC1=O. The summed E-state index contributed by atoms with van der Waals surface area (Å²) in [5.41, 5.74) is 0. The van der Waals surface area contributed by atoms with Gasteiger partial charge < -0.3 is 14.9 Å². The van der Waals surface area contributed by atoms with Crippen molar-refractivity contribution >= 4 is 17.8 Å². The first-order chi connectivity index (χ1) is 9.70. The number of amides is 2. The van der Waals surface area contributed by atoms with Crippen LogP contribution in [0.2, 0.25) is 0 Å². The van der Waals surface area contributed by atoms with Gasteiger partial charge in [-0.25, -0.2) is 0 Å². The van der Waals surface area contributed by atoms with E-state index in [4.69, 9.17) is 5.11 Å². The van der Waals surface area contributed by atoms with Crippen molar-refractivity contribution in [2.45, 2.75) is 34.1 Å². The number of nitrogens with zero attached hydrogens (tertiary/aromatic N) is 2. The van der Waals surface area contributed by atoms with E-state index < -0.39 is 11.9 Å². The maximum atomic E-state index is 12.5. The standard InChI is InChI=1S/C15H26N2O4/c1-10(2)6-16-8-12(5-13(16)18)15(21)17(7-11(3)4)9-14(19)20/h10-12H,5-9H2,1-4H3,(H,19,20). The van der Waals surface area contributed by atoms with Crippen molar-refractivity contribution in [1.82, 2.24) is 9.80 Å². The van der Waals surface area contributed by atoms with Gasteiger partial charge >= 0.3 is 5.97 Å². The molecule has 1 N–H and O–H groups in total. The Balaban J connectivity index is 2.71. The quantitative estimate of drug-likeness (QED) is 0.762. The zero-order valence-electron chi connectivity index (χ0n) is 13.3. The van der Waals surface area contributed by atoms with Gasteiger partial charge in [-0.1, -0.05) is 27.7 Å². The molecular weight excluding hydrogens is 272 g/mol. The Bertz CT molecular complexity index is 406. The summed E-state index contributed by atoms with van der Waals surface area (Å²) in [5.74, 6) is -1.11. The normalized spacial score (nSPS) is 18.7. The van der Waals surface area contributed by atoms with Crippen LogP contribution in [0, 0.1) is 17.8 Å². The maximum Gasteiger partial charge on any atom is 0.323 e. The van der Waals surface area contributed by atoms with Crippen LogP contribution in [0.3, 0.4) is 0 Å². The van der Waals surface area contributed by atoms with Crippen molar-refractivity contribution in [3.8, 4) is 0 Å². The van der Waals surface area contributed by atoms with Gasteiger partial charge in [-0.3, -0.25) is 14.4 Å². The summed E-state index contributed by atoms with van der Waals surface area (Å²) in [6.45, 7) is 9.08. The summed E-state index contributed by atoms with van der Waals surface area (Å²) in [7, 11) is 0. The lowest BCUT2D eigenvalue weighted by Crippen LogP contribution is -2.42. The van der Waals surface area contributed by atoms with Gasteiger partial charge in [-0.15, -0.1) is 0 Å². The van der Waals surface area contributed by atoms with Crippen LogP contribution in [0.5, 0.6) is 0 Å². The number of carboxylic acids is 1. The fourth-order valence-corrected chi connectivity index (χ4v) is 2.65. The van der Waals surface area contributed by atoms with Gasteiger partial charge in [0.1, 0.15) is 6.54 Å². The average Bonchev–Trinajstić information content (AvgIpc) is 2.67. The molecule has 6 heteroatoms. The third-order valence-electron chi connectivity index (χ3n) is 3.37. The third-order valence-corrected chi connectivity index (χ3v) is 3.37. The molecule has 1 saturated heterocycles. The predicted octanol–water partition coefficient (Wildman–Crippen LogP) is 1.06. The molecule has 1 atom stereocenters. The molecule has 1 rings (SSSR count). The van der Waals surface area contributed by atoms with Gasteiger partial charge in [-0.05, 0) is 11.8 Å². The molecule has 0 bridgehead atoms. The van der Waals surface area contributed by atoms with Crippen molar-refractivity contribution in [3.63, 3.8) is 0 Å². The molecule has 0 aliphatic carbocycles. The van der Waals surface area contributed by atoms with E-state index in [-0.39, 0.29) is 30.7 Å². The molecule has 1 unspecified atom stereocenters. The monoisotopic (exact) mass is 298 g/mol. The fraction of sp³-hybridized carbons (Fsp3) is 0.800. The third kappa shape index (κ3) is 5.36. The van der Waals surface area contributed by atoms with Crippen LogP contribution in [-0.4, -0.2) is 58.9 Å². The Morgan fingerprint density at radius 2 is 1.90 bits per heavy atom. The lowest BCUT2D eigenvalue weighted by atomic mass is 10.1. The van der Waals surface area contributed by atoms with Crippen molar-refractivity contribution < 1.29 is 19.5 Å². The molecule has 0 spiro atoms. The molecule has 1 heterocycles. The number of aliphatic carboxylic acids is 1. The number of hydrogen-bond donors (Lipinski definition) is 1. The van der Waals surface area contributed by atoms with Crippen molar-refractivity contribution in [3.05, 3.63) is 0 Å². The van der Waals surface area contributed by atoms with Gasteiger partial charge in [0.2, 0.25) is 11.8 Å². The van der Waals surface area contributed by atoms with E-state index in [9.17, 15) is 14.4 Å². The molecular formula is C15H26N2O4. The molecule has 21 heavy (non-hydrogen) atoms. The largest absolute Gasteiger partial charge is 0.480 e. The van der Waals surface area contributed by atoms with Crippen molar-refractivity contribution in [1.29, 1.82) is 0 Å². The highest BCUT2D eigenvalue weighted by molar-refractivity contribution is 5.90. The maximum absolute atomic E-state index is 12.5. The highest BCUT2D eigenvalue weighted by atomic mass is 16.4. The van der Waals surface area contributed by atoms with E-state index >= 15 is 0 Å². The second-order valence-electron chi connectivity index (χ2n) is 6.60. The Labute approximate surface area is 126 Å². The Hall–Kier alpha value is -1.59. The van der Waals surface area contributed by atoms with Crippen LogP contribution < -0.4 is 0 Å². The summed E-state index contributed by atoms with van der Waals surface area (Å²) in [6.07, 6.45) is 0.194. The number of rotatable bonds is 7. The lowest BCUT2D eigenvalue weighted by Gasteiger charge is -2.26. The Kier molecular flexibility index (Phi) is 6.18. The smallest absolute Gasteiger partial charge is 0.323 e. The summed E-state index contributed by atoms with van der Waals surface area (Å²) in [5, 5.41) is 8.94. The van der Waals surface area contributed by atoms with Crippen LogP contribution >= 0.6 is 0 Å². The molecule has 1 aliphatic rings. The predicted molar refractivity (Wildman–Crippen MR) is 78.6 cm³/mol. The average molecular weight is 298 g/mol. The molecule has 1 fully saturated rings. The number of hydrogen-bond acceptors (Lipinski definition) is 3. The molecule has 0 aromatic rings. The molecule has 1 aliphatic heterocycles. The zero-order chi connectivity index (χ0) is 16.2. The van der Waals surface area contributed by atoms with Crippen molar-refractivity contribution in [2.75, 3.05) is 26.2 Å². The van der Waals surface area contributed by atoms with Crippen LogP contribution in [-0.2, 0) is 14.4 Å². The molecule has 0 radical (unpaired) electrons. The first-order valence-electron chi connectivity index (χ1n) is 7.49. The fourth-order valence-electron chi connectivity index (χ4n) is 2.65. The Morgan fingerprint density at radius 1 is 1.29 bits per heavy atom. The highest BCUT2D eigenvalue weighted by Gasteiger charge is 2.37. The van der Waals surface area contributed by atoms with Gasteiger partial charge in [0.25, 0.3) is 0 Å².